The van der Waals surface area contributed by atoms with Crippen LogP contribution in [0.15, 0.2) is 78.1 Å². The van der Waals surface area contributed by atoms with E-state index in [0.29, 0.717) is 27.1 Å². The van der Waals surface area contributed by atoms with Crippen molar-refractivity contribution in [2.45, 2.75) is 24.6 Å². The average molecular weight is 469 g/mol. The molecule has 2 N–H and O–H groups in total. The molecule has 0 spiro atoms. The van der Waals surface area contributed by atoms with E-state index in [1.807, 2.05) is 0 Å². The summed E-state index contributed by atoms with van der Waals surface area (Å²) < 4.78 is 30.6. The van der Waals surface area contributed by atoms with Crippen LogP contribution in [0.1, 0.15) is 23.6 Å². The Morgan fingerprint density at radius 1 is 1.09 bits per heavy atom. The Labute approximate surface area is 193 Å². The molecule has 0 radical (unpaired) electrons. The Bertz CT molecular complexity index is 1320. The highest BCUT2D eigenvalue weighted by molar-refractivity contribution is 6.30. The SMILES string of the molecule is O=NC(CC(F)(Cc1c[nH]c2ccccc12)C(=O)O)c1ccc(-c2ccc(Cl)cc2)cc1F. The monoisotopic (exact) mass is 468 g/mol. The van der Waals surface area contributed by atoms with Gasteiger partial charge in [-0.1, -0.05) is 59.2 Å². The highest BCUT2D eigenvalue weighted by Gasteiger charge is 2.43. The van der Waals surface area contributed by atoms with Crippen LogP contribution in [0.2, 0.25) is 5.02 Å². The lowest BCUT2D eigenvalue weighted by Gasteiger charge is -2.23. The molecule has 1 heterocycles. The normalized spacial score (nSPS) is 14.0. The van der Waals surface area contributed by atoms with E-state index < -0.39 is 36.3 Å². The molecule has 2 unspecified atom stereocenters. The number of nitroso groups, excluding NO2 is 1. The number of para-hydroxylation sites is 1. The number of aromatic nitrogens is 1. The van der Waals surface area contributed by atoms with Gasteiger partial charge in [0.15, 0.2) is 0 Å². The molecule has 168 valence electrons. The molecular weight excluding hydrogens is 450 g/mol. The maximum atomic E-state index is 15.7. The Morgan fingerprint density at radius 2 is 1.79 bits per heavy atom. The van der Waals surface area contributed by atoms with E-state index in [1.165, 1.54) is 18.3 Å². The van der Waals surface area contributed by atoms with Gasteiger partial charge in [-0.25, -0.2) is 13.6 Å². The van der Waals surface area contributed by atoms with Crippen LogP contribution in [0.5, 0.6) is 0 Å². The molecule has 2 atom stereocenters. The van der Waals surface area contributed by atoms with Gasteiger partial charge in [0, 0.05) is 40.5 Å². The number of halogens is 3. The van der Waals surface area contributed by atoms with Crippen molar-refractivity contribution in [1.29, 1.82) is 0 Å². The first-order chi connectivity index (χ1) is 15.8. The van der Waals surface area contributed by atoms with Crippen molar-refractivity contribution >= 4 is 28.5 Å². The molecule has 33 heavy (non-hydrogen) atoms. The number of aliphatic carboxylic acids is 1. The van der Waals surface area contributed by atoms with Gasteiger partial charge in [0.1, 0.15) is 11.9 Å². The minimum atomic E-state index is -2.83. The number of nitrogens with zero attached hydrogens (tertiary/aromatic N) is 1. The molecule has 0 saturated heterocycles. The summed E-state index contributed by atoms with van der Waals surface area (Å²) in [7, 11) is 0. The number of benzene rings is 3. The second kappa shape index (κ2) is 9.11. The fraction of sp³-hybridized carbons (Fsp3) is 0.160. The Balaban J connectivity index is 1.62. The molecule has 1 aromatic heterocycles. The fourth-order valence-electron chi connectivity index (χ4n) is 3.94. The summed E-state index contributed by atoms with van der Waals surface area (Å²) in [5.74, 6) is -2.51. The third-order valence-electron chi connectivity index (χ3n) is 5.71. The lowest BCUT2D eigenvalue weighted by molar-refractivity contribution is -0.151. The molecule has 0 saturated carbocycles. The molecule has 0 fully saturated rings. The molecule has 8 heteroatoms. The third-order valence-corrected chi connectivity index (χ3v) is 5.96. The maximum Gasteiger partial charge on any atom is 0.341 e. The quantitative estimate of drug-likeness (QED) is 0.277. The first-order valence-electron chi connectivity index (χ1n) is 10.2. The van der Waals surface area contributed by atoms with Gasteiger partial charge in [0.05, 0.1) is 0 Å². The number of aromatic amines is 1. The summed E-state index contributed by atoms with van der Waals surface area (Å²) in [5.41, 5.74) is -0.589. The number of fused-ring (bicyclic) bond motifs is 1. The number of carboxylic acid groups (broad SMARTS) is 1. The molecule has 0 bridgehead atoms. The van der Waals surface area contributed by atoms with Crippen molar-refractivity contribution in [3.63, 3.8) is 0 Å². The number of carboxylic acids is 1. The summed E-state index contributed by atoms with van der Waals surface area (Å²) in [6.45, 7) is 0. The topological polar surface area (TPSA) is 82.5 Å². The van der Waals surface area contributed by atoms with Crippen molar-refractivity contribution in [1.82, 2.24) is 4.98 Å². The molecule has 4 aromatic rings. The summed E-state index contributed by atoms with van der Waals surface area (Å²) >= 11 is 5.88. The fourth-order valence-corrected chi connectivity index (χ4v) is 4.07. The van der Waals surface area contributed by atoms with Crippen LogP contribution in [0.4, 0.5) is 8.78 Å². The van der Waals surface area contributed by atoms with Crippen LogP contribution >= 0.6 is 11.6 Å². The van der Waals surface area contributed by atoms with E-state index in [-0.39, 0.29) is 5.56 Å². The van der Waals surface area contributed by atoms with Gasteiger partial charge >= 0.3 is 5.97 Å². The lowest BCUT2D eigenvalue weighted by Crippen LogP contribution is -2.37. The Kier molecular flexibility index (Phi) is 6.24. The van der Waals surface area contributed by atoms with Crippen molar-refractivity contribution in [2.75, 3.05) is 0 Å². The number of hydrogen-bond acceptors (Lipinski definition) is 3. The number of carbonyl (C=O) groups is 1. The van der Waals surface area contributed by atoms with E-state index in [2.05, 4.69) is 10.2 Å². The second-order valence-electron chi connectivity index (χ2n) is 7.88. The highest BCUT2D eigenvalue weighted by Crippen LogP contribution is 2.36. The van der Waals surface area contributed by atoms with Crippen LogP contribution in [0, 0.1) is 10.7 Å². The number of rotatable bonds is 8. The molecule has 0 aliphatic carbocycles. The summed E-state index contributed by atoms with van der Waals surface area (Å²) in [6, 6.07) is 16.4. The van der Waals surface area contributed by atoms with Gasteiger partial charge in [-0.3, -0.25) is 0 Å². The summed E-state index contributed by atoms with van der Waals surface area (Å²) in [5, 5.41) is 13.7. The lowest BCUT2D eigenvalue weighted by atomic mass is 9.87. The predicted molar refractivity (Wildman–Crippen MR) is 123 cm³/mol. The summed E-state index contributed by atoms with van der Waals surface area (Å²) in [6.07, 6.45) is 0.234. The standard InChI is InChI=1S/C25H19ClF2N2O3/c26-18-8-5-15(6-9-18)16-7-10-20(21(27)11-16)23(30-33)13-25(28,24(31)32)12-17-14-29-22-4-2-1-3-19(17)22/h1-11,14,23,29H,12-13H2,(H,31,32). The van der Waals surface area contributed by atoms with Gasteiger partial charge in [-0.15, -0.1) is 0 Å². The van der Waals surface area contributed by atoms with E-state index in [0.717, 1.165) is 5.52 Å². The number of H-pyrrole nitrogens is 1. The molecule has 5 nitrogen and oxygen atoms in total. The number of nitrogens with one attached hydrogen (secondary N) is 1. The average Bonchev–Trinajstić information content (AvgIpc) is 3.20. The molecule has 4 rings (SSSR count). The van der Waals surface area contributed by atoms with Gasteiger partial charge in [0.2, 0.25) is 5.67 Å². The van der Waals surface area contributed by atoms with Gasteiger partial charge in [-0.05, 0) is 41.0 Å². The molecule has 0 aliphatic heterocycles. The maximum absolute atomic E-state index is 15.7. The number of hydrogen-bond donors (Lipinski definition) is 2. The molecule has 0 amide bonds. The third kappa shape index (κ3) is 4.64. The van der Waals surface area contributed by atoms with Gasteiger partial charge in [-0.2, -0.15) is 4.91 Å². The van der Waals surface area contributed by atoms with Crippen LogP contribution in [0.25, 0.3) is 22.0 Å². The zero-order chi connectivity index (χ0) is 23.6. The minimum Gasteiger partial charge on any atom is -0.479 e. The summed E-state index contributed by atoms with van der Waals surface area (Å²) in [4.78, 5) is 26.4. The van der Waals surface area contributed by atoms with Crippen LogP contribution in [-0.2, 0) is 11.2 Å². The van der Waals surface area contributed by atoms with Crippen LogP contribution < -0.4 is 0 Å². The zero-order valence-corrected chi connectivity index (χ0v) is 18.0. The molecular formula is C25H19ClF2N2O3. The van der Waals surface area contributed by atoms with Crippen molar-refractivity contribution in [3.05, 3.63) is 99.8 Å². The van der Waals surface area contributed by atoms with E-state index in [4.69, 9.17) is 11.6 Å². The van der Waals surface area contributed by atoms with Gasteiger partial charge < -0.3 is 10.1 Å². The first-order valence-corrected chi connectivity index (χ1v) is 10.5. The van der Waals surface area contributed by atoms with Crippen molar-refractivity contribution in [3.8, 4) is 11.1 Å². The molecule has 0 aliphatic rings. The van der Waals surface area contributed by atoms with E-state index in [9.17, 15) is 19.2 Å². The van der Waals surface area contributed by atoms with Crippen LogP contribution in [-0.4, -0.2) is 21.7 Å². The second-order valence-corrected chi connectivity index (χ2v) is 8.31. The predicted octanol–water partition coefficient (Wildman–Crippen LogP) is 6.86. The zero-order valence-electron chi connectivity index (χ0n) is 17.3. The number of alkyl halides is 1. The van der Waals surface area contributed by atoms with E-state index >= 15 is 4.39 Å². The van der Waals surface area contributed by atoms with Crippen molar-refractivity contribution < 1.29 is 18.7 Å². The first kappa shape index (κ1) is 22.6. The minimum absolute atomic E-state index is 0.162. The largest absolute Gasteiger partial charge is 0.479 e. The Morgan fingerprint density at radius 3 is 2.45 bits per heavy atom. The Hall–Kier alpha value is -3.58. The smallest absolute Gasteiger partial charge is 0.341 e. The molecule has 3 aromatic carbocycles. The van der Waals surface area contributed by atoms with Crippen LogP contribution in [0.3, 0.4) is 0 Å². The van der Waals surface area contributed by atoms with Crippen molar-refractivity contribution in [2.24, 2.45) is 5.18 Å². The van der Waals surface area contributed by atoms with Gasteiger partial charge in [0.25, 0.3) is 0 Å². The highest BCUT2D eigenvalue weighted by atomic mass is 35.5. The van der Waals surface area contributed by atoms with E-state index in [1.54, 1.807) is 54.6 Å².